The maximum atomic E-state index is 6.32. The predicted molar refractivity (Wildman–Crippen MR) is 79.4 cm³/mol. The number of aryl methyl sites for hydroxylation is 1. The summed E-state index contributed by atoms with van der Waals surface area (Å²) in [7, 11) is 3.92. The Morgan fingerprint density at radius 1 is 1.47 bits per heavy atom. The number of aromatic nitrogens is 2. The van der Waals surface area contributed by atoms with E-state index in [9.17, 15) is 0 Å². The Morgan fingerprint density at radius 2 is 2.21 bits per heavy atom. The molecule has 0 unspecified atom stereocenters. The number of anilines is 1. The largest absolute Gasteiger partial charge is 0.369 e. The van der Waals surface area contributed by atoms with E-state index in [-0.39, 0.29) is 6.04 Å². The summed E-state index contributed by atoms with van der Waals surface area (Å²) in [5, 5.41) is 4.89. The van der Waals surface area contributed by atoms with Gasteiger partial charge in [-0.25, -0.2) is 0 Å². The maximum Gasteiger partial charge on any atom is 0.0642 e. The monoisotopic (exact) mass is 278 g/mol. The van der Waals surface area contributed by atoms with Gasteiger partial charge in [0, 0.05) is 38.4 Å². The summed E-state index contributed by atoms with van der Waals surface area (Å²) in [5.74, 6) is 0. The molecular formula is C14H19ClN4. The highest BCUT2D eigenvalue weighted by molar-refractivity contribution is 6.33. The third-order valence-corrected chi connectivity index (χ3v) is 3.39. The van der Waals surface area contributed by atoms with Gasteiger partial charge in [0.05, 0.1) is 16.9 Å². The van der Waals surface area contributed by atoms with Gasteiger partial charge < -0.3 is 10.6 Å². The van der Waals surface area contributed by atoms with Gasteiger partial charge in [-0.15, -0.1) is 0 Å². The molecule has 5 heteroatoms. The van der Waals surface area contributed by atoms with Crippen molar-refractivity contribution in [2.75, 3.05) is 11.9 Å². The number of rotatable bonds is 4. The lowest BCUT2D eigenvalue weighted by Gasteiger charge is -2.21. The van der Waals surface area contributed by atoms with Crippen LogP contribution < -0.4 is 10.6 Å². The summed E-state index contributed by atoms with van der Waals surface area (Å²) >= 11 is 6.32. The van der Waals surface area contributed by atoms with Crippen LogP contribution in [0.2, 0.25) is 5.02 Å². The average Bonchev–Trinajstić information content (AvgIpc) is 2.74. The lowest BCUT2D eigenvalue weighted by molar-refractivity contribution is 0.766. The molecule has 0 aliphatic rings. The molecule has 102 valence electrons. The Hall–Kier alpha value is -1.52. The summed E-state index contributed by atoms with van der Waals surface area (Å²) in [6, 6.07) is 5.96. The number of halogens is 1. The molecule has 0 bridgehead atoms. The van der Waals surface area contributed by atoms with Crippen molar-refractivity contribution >= 4 is 17.3 Å². The van der Waals surface area contributed by atoms with Crippen LogP contribution in [-0.4, -0.2) is 16.8 Å². The van der Waals surface area contributed by atoms with Crippen molar-refractivity contribution in [1.29, 1.82) is 0 Å². The van der Waals surface area contributed by atoms with Crippen LogP contribution in [0.15, 0.2) is 30.6 Å². The van der Waals surface area contributed by atoms with Crippen LogP contribution in [0, 0.1) is 0 Å². The fourth-order valence-electron chi connectivity index (χ4n) is 2.03. The van der Waals surface area contributed by atoms with E-state index in [0.29, 0.717) is 0 Å². The Balaban J connectivity index is 2.17. The molecule has 0 saturated heterocycles. The molecule has 0 fully saturated rings. The van der Waals surface area contributed by atoms with Crippen LogP contribution in [0.25, 0.3) is 0 Å². The van der Waals surface area contributed by atoms with Gasteiger partial charge in [0.1, 0.15) is 0 Å². The summed E-state index contributed by atoms with van der Waals surface area (Å²) in [5.41, 5.74) is 9.04. The molecule has 2 N–H and O–H groups in total. The van der Waals surface area contributed by atoms with Crippen molar-refractivity contribution in [3.63, 3.8) is 0 Å². The van der Waals surface area contributed by atoms with Crippen LogP contribution in [0.5, 0.6) is 0 Å². The molecule has 2 rings (SSSR count). The van der Waals surface area contributed by atoms with Crippen molar-refractivity contribution in [3.8, 4) is 0 Å². The van der Waals surface area contributed by atoms with Crippen LogP contribution in [0.4, 0.5) is 5.69 Å². The third kappa shape index (κ3) is 3.28. The first-order valence-corrected chi connectivity index (χ1v) is 6.59. The molecule has 1 aromatic carbocycles. The molecule has 2 aromatic rings. The van der Waals surface area contributed by atoms with E-state index in [1.165, 1.54) is 0 Å². The molecular weight excluding hydrogens is 260 g/mol. The maximum absolute atomic E-state index is 6.32. The number of nitrogens with zero attached hydrogens (tertiary/aromatic N) is 3. The quantitative estimate of drug-likeness (QED) is 0.935. The Labute approximate surface area is 118 Å². The zero-order chi connectivity index (χ0) is 14.0. The molecule has 19 heavy (non-hydrogen) atoms. The molecule has 4 nitrogen and oxygen atoms in total. The second-order valence-electron chi connectivity index (χ2n) is 4.88. The molecule has 0 spiro atoms. The molecule has 1 heterocycles. The van der Waals surface area contributed by atoms with E-state index >= 15 is 0 Å². The second-order valence-corrected chi connectivity index (χ2v) is 5.29. The standard InChI is InChI=1S/C14H19ClN4/c1-10(16)12-4-5-14(13(15)6-12)18(2)8-11-7-17-19(3)9-11/h4-7,9-10H,8,16H2,1-3H3/t10-/m0/s1. The minimum atomic E-state index is -0.00446. The Kier molecular flexibility index (Phi) is 4.12. The Bertz CT molecular complexity index is 562. The zero-order valence-corrected chi connectivity index (χ0v) is 12.2. The van der Waals surface area contributed by atoms with Crippen molar-refractivity contribution < 1.29 is 0 Å². The summed E-state index contributed by atoms with van der Waals surface area (Å²) in [4.78, 5) is 2.10. The van der Waals surface area contributed by atoms with E-state index < -0.39 is 0 Å². The Morgan fingerprint density at radius 3 is 2.74 bits per heavy atom. The molecule has 0 radical (unpaired) electrons. The van der Waals surface area contributed by atoms with E-state index in [1.54, 1.807) is 4.68 Å². The highest BCUT2D eigenvalue weighted by atomic mass is 35.5. The summed E-state index contributed by atoms with van der Waals surface area (Å²) in [6.45, 7) is 2.72. The smallest absolute Gasteiger partial charge is 0.0642 e. The number of benzene rings is 1. The van der Waals surface area contributed by atoms with Gasteiger partial charge in [-0.05, 0) is 24.6 Å². The topological polar surface area (TPSA) is 47.1 Å². The third-order valence-electron chi connectivity index (χ3n) is 3.09. The summed E-state index contributed by atoms with van der Waals surface area (Å²) in [6.07, 6.45) is 3.86. The van der Waals surface area contributed by atoms with Crippen molar-refractivity contribution in [3.05, 3.63) is 46.7 Å². The van der Waals surface area contributed by atoms with Crippen LogP contribution in [0.3, 0.4) is 0 Å². The second kappa shape index (κ2) is 5.63. The molecule has 0 saturated carbocycles. The highest BCUT2D eigenvalue weighted by Gasteiger charge is 2.10. The average molecular weight is 279 g/mol. The summed E-state index contributed by atoms with van der Waals surface area (Å²) < 4.78 is 1.80. The lowest BCUT2D eigenvalue weighted by atomic mass is 10.1. The van der Waals surface area contributed by atoms with E-state index in [2.05, 4.69) is 10.00 Å². The number of nitrogens with two attached hydrogens (primary N) is 1. The van der Waals surface area contributed by atoms with E-state index in [4.69, 9.17) is 17.3 Å². The minimum Gasteiger partial charge on any atom is -0.369 e. The fraction of sp³-hybridized carbons (Fsp3) is 0.357. The van der Waals surface area contributed by atoms with Gasteiger partial charge in [0.2, 0.25) is 0 Å². The lowest BCUT2D eigenvalue weighted by Crippen LogP contribution is -2.17. The predicted octanol–water partition coefficient (Wildman–Crippen LogP) is 2.73. The number of hydrogen-bond acceptors (Lipinski definition) is 3. The van der Waals surface area contributed by atoms with Gasteiger partial charge in [-0.2, -0.15) is 5.10 Å². The van der Waals surface area contributed by atoms with Crippen molar-refractivity contribution in [1.82, 2.24) is 9.78 Å². The van der Waals surface area contributed by atoms with Crippen LogP contribution >= 0.6 is 11.6 Å². The van der Waals surface area contributed by atoms with Crippen LogP contribution in [-0.2, 0) is 13.6 Å². The van der Waals surface area contributed by atoms with Crippen molar-refractivity contribution in [2.24, 2.45) is 12.8 Å². The SMILES string of the molecule is C[C@H](N)c1ccc(N(C)Cc2cnn(C)c2)c(Cl)c1. The van der Waals surface area contributed by atoms with Gasteiger partial charge in [0.15, 0.2) is 0 Å². The normalized spacial score (nSPS) is 12.5. The van der Waals surface area contributed by atoms with Crippen molar-refractivity contribution in [2.45, 2.75) is 19.5 Å². The van der Waals surface area contributed by atoms with E-state index in [0.717, 1.165) is 28.4 Å². The molecule has 0 aliphatic heterocycles. The first-order chi connectivity index (χ1) is 8.97. The van der Waals surface area contributed by atoms with Gasteiger partial charge in [-0.1, -0.05) is 17.7 Å². The van der Waals surface area contributed by atoms with E-state index in [1.807, 2.05) is 51.6 Å². The van der Waals surface area contributed by atoms with Gasteiger partial charge in [-0.3, -0.25) is 4.68 Å². The number of hydrogen-bond donors (Lipinski definition) is 1. The highest BCUT2D eigenvalue weighted by Crippen LogP contribution is 2.28. The van der Waals surface area contributed by atoms with Gasteiger partial charge in [0.25, 0.3) is 0 Å². The molecule has 0 amide bonds. The molecule has 1 aromatic heterocycles. The van der Waals surface area contributed by atoms with Crippen LogP contribution in [0.1, 0.15) is 24.1 Å². The van der Waals surface area contributed by atoms with Gasteiger partial charge >= 0.3 is 0 Å². The molecule has 1 atom stereocenters. The zero-order valence-electron chi connectivity index (χ0n) is 11.5. The first kappa shape index (κ1) is 13.9. The first-order valence-electron chi connectivity index (χ1n) is 6.21. The minimum absolute atomic E-state index is 0.00446. The molecule has 0 aliphatic carbocycles. The fourth-order valence-corrected chi connectivity index (χ4v) is 2.36.